The van der Waals surface area contributed by atoms with Crippen LogP contribution in [0.25, 0.3) is 16.0 Å². The Kier molecular flexibility index (Phi) is 5.82. The van der Waals surface area contributed by atoms with E-state index in [-0.39, 0.29) is 30.8 Å². The van der Waals surface area contributed by atoms with Crippen LogP contribution in [0.3, 0.4) is 0 Å². The van der Waals surface area contributed by atoms with Crippen LogP contribution >= 0.6 is 0 Å². The lowest BCUT2D eigenvalue weighted by atomic mass is 9.85. The summed E-state index contributed by atoms with van der Waals surface area (Å²) in [6, 6.07) is 14.8. The summed E-state index contributed by atoms with van der Waals surface area (Å²) in [6.07, 6.45) is 0.240. The van der Waals surface area contributed by atoms with Gasteiger partial charge in [-0.05, 0) is 30.5 Å². The van der Waals surface area contributed by atoms with E-state index in [1.54, 1.807) is 26.0 Å². The summed E-state index contributed by atoms with van der Waals surface area (Å²) in [7, 11) is -3.44. The highest BCUT2D eigenvalue weighted by Crippen LogP contribution is 2.30. The largest absolute Gasteiger partial charge is 0.354 e. The Hall–Kier alpha value is -2.69. The van der Waals surface area contributed by atoms with Crippen molar-refractivity contribution in [2.24, 2.45) is 0 Å². The maximum atomic E-state index is 12.3. The SMILES string of the molecule is [C-]#[N+]c1ccc(-c2ccc(C3CC(=O)NCC3NS(=O)(=O)C(C)C)cc2)cc1. The van der Waals surface area contributed by atoms with Crippen molar-refractivity contribution in [2.45, 2.75) is 37.5 Å². The Morgan fingerprint density at radius 2 is 1.64 bits per heavy atom. The van der Waals surface area contributed by atoms with Gasteiger partial charge in [0.25, 0.3) is 0 Å². The Morgan fingerprint density at radius 1 is 1.07 bits per heavy atom. The third kappa shape index (κ3) is 4.41. The zero-order valence-electron chi connectivity index (χ0n) is 15.8. The molecule has 146 valence electrons. The summed E-state index contributed by atoms with van der Waals surface area (Å²) in [6.45, 7) is 10.6. The van der Waals surface area contributed by atoms with Crippen molar-refractivity contribution in [1.29, 1.82) is 0 Å². The first-order valence-electron chi connectivity index (χ1n) is 9.16. The van der Waals surface area contributed by atoms with Gasteiger partial charge in [0.2, 0.25) is 15.9 Å². The maximum Gasteiger partial charge on any atom is 0.220 e. The fourth-order valence-electron chi connectivity index (χ4n) is 3.25. The predicted octanol–water partition coefficient (Wildman–Crippen LogP) is 3.20. The van der Waals surface area contributed by atoms with Crippen LogP contribution in [0.5, 0.6) is 0 Å². The average Bonchev–Trinajstić information content (AvgIpc) is 2.69. The van der Waals surface area contributed by atoms with Crippen molar-refractivity contribution in [1.82, 2.24) is 10.0 Å². The van der Waals surface area contributed by atoms with Crippen LogP contribution in [0, 0.1) is 6.57 Å². The summed E-state index contributed by atoms with van der Waals surface area (Å²) < 4.78 is 27.4. The summed E-state index contributed by atoms with van der Waals surface area (Å²) in [5.74, 6) is -0.301. The minimum Gasteiger partial charge on any atom is -0.354 e. The van der Waals surface area contributed by atoms with E-state index in [9.17, 15) is 13.2 Å². The van der Waals surface area contributed by atoms with Gasteiger partial charge in [-0.1, -0.05) is 48.5 Å². The molecule has 1 saturated heterocycles. The van der Waals surface area contributed by atoms with Crippen molar-refractivity contribution < 1.29 is 13.2 Å². The van der Waals surface area contributed by atoms with Gasteiger partial charge in [-0.2, -0.15) is 0 Å². The highest BCUT2D eigenvalue weighted by molar-refractivity contribution is 7.90. The quantitative estimate of drug-likeness (QED) is 0.761. The summed E-state index contributed by atoms with van der Waals surface area (Å²) >= 11 is 0. The van der Waals surface area contributed by atoms with Gasteiger partial charge in [-0.25, -0.2) is 18.0 Å². The molecular weight excluding hydrogens is 374 g/mol. The van der Waals surface area contributed by atoms with Crippen molar-refractivity contribution in [3.63, 3.8) is 0 Å². The molecule has 1 amide bonds. The van der Waals surface area contributed by atoms with E-state index in [4.69, 9.17) is 6.57 Å². The first-order chi connectivity index (χ1) is 13.3. The van der Waals surface area contributed by atoms with Crippen LogP contribution in [-0.2, 0) is 14.8 Å². The molecule has 2 unspecified atom stereocenters. The van der Waals surface area contributed by atoms with Gasteiger partial charge >= 0.3 is 0 Å². The van der Waals surface area contributed by atoms with Gasteiger partial charge < -0.3 is 5.32 Å². The molecule has 1 aliphatic heterocycles. The number of nitrogens with zero attached hydrogens (tertiary/aromatic N) is 1. The molecule has 0 aliphatic carbocycles. The number of hydrogen-bond acceptors (Lipinski definition) is 3. The number of sulfonamides is 1. The van der Waals surface area contributed by atoms with Crippen LogP contribution in [0.2, 0.25) is 0 Å². The molecule has 2 aromatic rings. The highest BCUT2D eigenvalue weighted by atomic mass is 32.2. The molecule has 1 fully saturated rings. The monoisotopic (exact) mass is 397 g/mol. The van der Waals surface area contributed by atoms with Crippen molar-refractivity contribution in [3.05, 3.63) is 65.5 Å². The van der Waals surface area contributed by atoms with Crippen LogP contribution in [-0.4, -0.2) is 32.2 Å². The molecule has 1 heterocycles. The number of piperidine rings is 1. The van der Waals surface area contributed by atoms with Gasteiger partial charge in [0.05, 0.1) is 11.8 Å². The molecule has 2 N–H and O–H groups in total. The second-order valence-electron chi connectivity index (χ2n) is 7.21. The van der Waals surface area contributed by atoms with Crippen molar-refractivity contribution in [2.75, 3.05) is 6.54 Å². The molecule has 0 radical (unpaired) electrons. The average molecular weight is 398 g/mol. The first kappa shape index (κ1) is 20.1. The molecule has 0 bridgehead atoms. The minimum absolute atomic E-state index is 0.0798. The fourth-order valence-corrected chi connectivity index (χ4v) is 4.19. The normalized spacial score (nSPS) is 19.9. The molecule has 6 nitrogen and oxygen atoms in total. The van der Waals surface area contributed by atoms with Crippen molar-refractivity contribution in [3.8, 4) is 11.1 Å². The molecule has 7 heteroatoms. The molecule has 2 aromatic carbocycles. The van der Waals surface area contributed by atoms with Crippen LogP contribution in [0.1, 0.15) is 31.7 Å². The summed E-state index contributed by atoms with van der Waals surface area (Å²) in [5.41, 5.74) is 3.51. The van der Waals surface area contributed by atoms with E-state index in [1.807, 2.05) is 36.4 Å². The first-order valence-corrected chi connectivity index (χ1v) is 10.7. The van der Waals surface area contributed by atoms with Gasteiger partial charge in [-0.3, -0.25) is 4.79 Å². The minimum atomic E-state index is -3.44. The van der Waals surface area contributed by atoms with Crippen LogP contribution in [0.15, 0.2) is 48.5 Å². The molecule has 28 heavy (non-hydrogen) atoms. The number of amides is 1. The molecule has 0 spiro atoms. The van der Waals surface area contributed by atoms with Gasteiger partial charge in [-0.15, -0.1) is 0 Å². The molecule has 0 aromatic heterocycles. The van der Waals surface area contributed by atoms with Crippen molar-refractivity contribution >= 4 is 21.6 Å². The summed E-state index contributed by atoms with van der Waals surface area (Å²) in [4.78, 5) is 15.3. The third-order valence-electron chi connectivity index (χ3n) is 5.01. The lowest BCUT2D eigenvalue weighted by Gasteiger charge is -2.33. The standard InChI is InChI=1S/C21H23N3O3S/c1-14(2)28(26,27)24-20-13-23-21(25)12-19(20)17-6-4-15(5-7-17)16-8-10-18(22-3)11-9-16/h4-11,14,19-20,24H,12-13H2,1-2H3,(H,23,25). The van der Waals surface area contributed by atoms with Gasteiger partial charge in [0.15, 0.2) is 5.69 Å². The van der Waals surface area contributed by atoms with E-state index in [2.05, 4.69) is 14.9 Å². The van der Waals surface area contributed by atoms with E-state index in [0.717, 1.165) is 16.7 Å². The molecule has 1 aliphatic rings. The number of nitrogens with one attached hydrogen (secondary N) is 2. The van der Waals surface area contributed by atoms with E-state index in [0.29, 0.717) is 5.69 Å². The lowest BCUT2D eigenvalue weighted by Crippen LogP contribution is -2.53. The number of hydrogen-bond donors (Lipinski definition) is 2. The molecule has 0 saturated carbocycles. The Morgan fingerprint density at radius 3 is 2.18 bits per heavy atom. The zero-order valence-corrected chi connectivity index (χ0v) is 16.7. The Labute approximate surface area is 165 Å². The van der Waals surface area contributed by atoms with Gasteiger partial charge in [0, 0.05) is 24.9 Å². The lowest BCUT2D eigenvalue weighted by molar-refractivity contribution is -0.123. The maximum absolute atomic E-state index is 12.3. The molecule has 3 rings (SSSR count). The zero-order chi connectivity index (χ0) is 20.3. The number of rotatable bonds is 5. The highest BCUT2D eigenvalue weighted by Gasteiger charge is 2.33. The van der Waals surface area contributed by atoms with E-state index in [1.165, 1.54) is 0 Å². The second-order valence-corrected chi connectivity index (χ2v) is 9.48. The Bertz CT molecular complexity index is 991. The Balaban J connectivity index is 1.84. The van der Waals surface area contributed by atoms with Crippen LogP contribution < -0.4 is 10.0 Å². The topological polar surface area (TPSA) is 79.6 Å². The number of carbonyl (C=O) groups excluding carboxylic acids is 1. The smallest absolute Gasteiger partial charge is 0.220 e. The van der Waals surface area contributed by atoms with Gasteiger partial charge in [0.1, 0.15) is 0 Å². The van der Waals surface area contributed by atoms with E-state index < -0.39 is 15.3 Å². The summed E-state index contributed by atoms with van der Waals surface area (Å²) in [5, 5.41) is 2.22. The fraction of sp³-hybridized carbons (Fsp3) is 0.333. The molecular formula is C21H23N3O3S. The second kappa shape index (κ2) is 8.13. The molecule has 2 atom stereocenters. The number of carbonyl (C=O) groups is 1. The van der Waals surface area contributed by atoms with E-state index >= 15 is 0 Å². The third-order valence-corrected chi connectivity index (χ3v) is 6.89. The predicted molar refractivity (Wildman–Crippen MR) is 109 cm³/mol. The number of benzene rings is 2. The van der Waals surface area contributed by atoms with Crippen LogP contribution in [0.4, 0.5) is 5.69 Å².